The van der Waals surface area contributed by atoms with Gasteiger partial charge >= 0.3 is 0 Å². The monoisotopic (exact) mass is 262 g/mol. The molecule has 0 atom stereocenters. The number of furan rings is 1. The van der Waals surface area contributed by atoms with Gasteiger partial charge < -0.3 is 14.6 Å². The first kappa shape index (κ1) is 12.3. The van der Waals surface area contributed by atoms with Gasteiger partial charge in [0, 0.05) is 12.1 Å². The minimum Gasteiger partial charge on any atom is -0.472 e. The van der Waals surface area contributed by atoms with Crippen molar-refractivity contribution in [1.82, 2.24) is 10.2 Å². The van der Waals surface area contributed by atoms with Crippen LogP contribution >= 0.6 is 0 Å². The molecule has 1 aliphatic heterocycles. The third kappa shape index (κ3) is 2.25. The summed E-state index contributed by atoms with van der Waals surface area (Å²) in [6.45, 7) is 0.594. The van der Waals surface area contributed by atoms with Gasteiger partial charge in [-0.2, -0.15) is 0 Å². The number of nitrogens with one attached hydrogen (secondary N) is 1. The highest BCUT2D eigenvalue weighted by molar-refractivity contribution is 5.98. The predicted octanol–water partition coefficient (Wildman–Crippen LogP) is 1.44. The fourth-order valence-corrected chi connectivity index (χ4v) is 3.13. The fourth-order valence-electron chi connectivity index (χ4n) is 3.13. The van der Waals surface area contributed by atoms with Gasteiger partial charge in [-0.25, -0.2) is 0 Å². The zero-order chi connectivity index (χ0) is 13.3. The zero-order valence-electron chi connectivity index (χ0n) is 10.9. The number of hydrogen-bond donors (Lipinski definition) is 1. The smallest absolute Gasteiger partial charge is 0.249 e. The predicted molar refractivity (Wildman–Crippen MR) is 68.1 cm³/mol. The molecule has 1 saturated carbocycles. The first-order valence-corrected chi connectivity index (χ1v) is 6.81. The second kappa shape index (κ2) is 4.72. The van der Waals surface area contributed by atoms with E-state index in [4.69, 9.17) is 4.42 Å². The van der Waals surface area contributed by atoms with Crippen molar-refractivity contribution >= 4 is 11.8 Å². The van der Waals surface area contributed by atoms with Gasteiger partial charge in [0.15, 0.2) is 0 Å². The third-order valence-corrected chi connectivity index (χ3v) is 4.07. The van der Waals surface area contributed by atoms with E-state index in [1.165, 1.54) is 0 Å². The van der Waals surface area contributed by atoms with Crippen molar-refractivity contribution < 1.29 is 14.0 Å². The van der Waals surface area contributed by atoms with E-state index in [0.29, 0.717) is 6.54 Å². The molecule has 5 nitrogen and oxygen atoms in total. The Morgan fingerprint density at radius 1 is 1.26 bits per heavy atom. The Kier molecular flexibility index (Phi) is 3.05. The van der Waals surface area contributed by atoms with E-state index in [0.717, 1.165) is 37.7 Å². The Morgan fingerprint density at radius 2 is 2.05 bits per heavy atom. The summed E-state index contributed by atoms with van der Waals surface area (Å²) in [5.41, 5.74) is 0.283. The topological polar surface area (TPSA) is 62.6 Å². The largest absolute Gasteiger partial charge is 0.472 e. The van der Waals surface area contributed by atoms with Crippen LogP contribution in [0.1, 0.15) is 37.7 Å². The van der Waals surface area contributed by atoms with Crippen LogP contribution in [0.3, 0.4) is 0 Å². The number of nitrogens with zero attached hydrogens (tertiary/aromatic N) is 1. The van der Waals surface area contributed by atoms with Crippen molar-refractivity contribution in [3.63, 3.8) is 0 Å². The maximum absolute atomic E-state index is 12.7. The highest BCUT2D eigenvalue weighted by atomic mass is 16.3. The van der Waals surface area contributed by atoms with Gasteiger partial charge in [0.2, 0.25) is 11.8 Å². The Morgan fingerprint density at radius 3 is 2.74 bits per heavy atom. The summed E-state index contributed by atoms with van der Waals surface area (Å²) in [4.78, 5) is 26.2. The van der Waals surface area contributed by atoms with Crippen LogP contribution in [0.15, 0.2) is 23.0 Å². The van der Waals surface area contributed by atoms with Crippen LogP contribution in [-0.2, 0) is 16.1 Å². The molecule has 1 spiro atoms. The van der Waals surface area contributed by atoms with Gasteiger partial charge in [-0.05, 0) is 18.9 Å². The molecule has 2 heterocycles. The Hall–Kier alpha value is -1.78. The molecule has 5 heteroatoms. The van der Waals surface area contributed by atoms with Gasteiger partial charge in [-0.3, -0.25) is 9.59 Å². The molecule has 0 bridgehead atoms. The highest BCUT2D eigenvalue weighted by Crippen LogP contribution is 2.32. The highest BCUT2D eigenvalue weighted by Gasteiger charge is 2.46. The van der Waals surface area contributed by atoms with Crippen molar-refractivity contribution in [1.29, 1.82) is 0 Å². The lowest BCUT2D eigenvalue weighted by molar-refractivity contribution is -0.152. The van der Waals surface area contributed by atoms with Crippen molar-refractivity contribution in [2.24, 2.45) is 0 Å². The molecule has 1 aliphatic carbocycles. The average Bonchev–Trinajstić information content (AvgIpc) is 2.89. The summed E-state index contributed by atoms with van der Waals surface area (Å²) in [5, 5.41) is 2.94. The molecule has 1 aromatic rings. The quantitative estimate of drug-likeness (QED) is 0.877. The Labute approximate surface area is 111 Å². The number of carbonyl (C=O) groups excluding carboxylic acids is 2. The number of amides is 2. The van der Waals surface area contributed by atoms with Gasteiger partial charge in [0.1, 0.15) is 5.54 Å². The zero-order valence-corrected chi connectivity index (χ0v) is 10.9. The van der Waals surface area contributed by atoms with E-state index in [9.17, 15) is 9.59 Å². The normalized spacial score (nSPS) is 22.6. The van der Waals surface area contributed by atoms with E-state index in [2.05, 4.69) is 5.32 Å². The lowest BCUT2D eigenvalue weighted by Gasteiger charge is -2.44. The number of piperazine rings is 1. The molecule has 2 aliphatic rings. The first-order valence-electron chi connectivity index (χ1n) is 6.81. The van der Waals surface area contributed by atoms with Crippen LogP contribution in [-0.4, -0.2) is 28.8 Å². The van der Waals surface area contributed by atoms with Crippen LogP contribution in [0.4, 0.5) is 0 Å². The van der Waals surface area contributed by atoms with Gasteiger partial charge in [0.25, 0.3) is 0 Å². The Bertz CT molecular complexity index is 475. The third-order valence-electron chi connectivity index (χ3n) is 4.07. The average molecular weight is 262 g/mol. The summed E-state index contributed by atoms with van der Waals surface area (Å²) >= 11 is 0. The number of rotatable bonds is 2. The second-order valence-corrected chi connectivity index (χ2v) is 5.48. The van der Waals surface area contributed by atoms with Crippen molar-refractivity contribution in [2.45, 2.75) is 44.2 Å². The van der Waals surface area contributed by atoms with E-state index >= 15 is 0 Å². The van der Waals surface area contributed by atoms with Crippen LogP contribution in [0, 0.1) is 0 Å². The molecule has 0 radical (unpaired) electrons. The molecule has 0 aromatic carbocycles. The minimum absolute atomic E-state index is 0.0509. The number of carbonyl (C=O) groups is 2. The summed E-state index contributed by atoms with van der Waals surface area (Å²) < 4.78 is 5.02. The van der Waals surface area contributed by atoms with Gasteiger partial charge in [0.05, 0.1) is 19.1 Å². The SMILES string of the molecule is O=C1CN(Cc2ccoc2)C(=O)C2(CCCCC2)N1. The molecular weight excluding hydrogens is 244 g/mol. The molecule has 2 fully saturated rings. The summed E-state index contributed by atoms with van der Waals surface area (Å²) in [7, 11) is 0. The van der Waals surface area contributed by atoms with Crippen molar-refractivity contribution in [2.75, 3.05) is 6.54 Å². The van der Waals surface area contributed by atoms with Crippen molar-refractivity contribution in [3.05, 3.63) is 24.2 Å². The molecule has 19 heavy (non-hydrogen) atoms. The molecule has 1 N–H and O–H groups in total. The molecular formula is C14H18N2O3. The van der Waals surface area contributed by atoms with E-state index in [1.807, 2.05) is 6.07 Å². The minimum atomic E-state index is -0.642. The maximum Gasteiger partial charge on any atom is 0.249 e. The van der Waals surface area contributed by atoms with Crippen molar-refractivity contribution in [3.8, 4) is 0 Å². The van der Waals surface area contributed by atoms with Crippen LogP contribution in [0.5, 0.6) is 0 Å². The molecule has 102 valence electrons. The molecule has 1 aromatic heterocycles. The van der Waals surface area contributed by atoms with E-state index in [1.54, 1.807) is 17.4 Å². The molecule has 0 unspecified atom stereocenters. The van der Waals surface area contributed by atoms with Gasteiger partial charge in [-0.15, -0.1) is 0 Å². The standard InChI is InChI=1S/C14H18N2O3/c17-12-9-16(8-11-4-7-19-10-11)13(18)14(15-12)5-2-1-3-6-14/h4,7,10H,1-3,5-6,8-9H2,(H,15,17). The first-order chi connectivity index (χ1) is 9.20. The number of hydrogen-bond acceptors (Lipinski definition) is 3. The molecule has 3 rings (SSSR count). The van der Waals surface area contributed by atoms with Crippen LogP contribution in [0.2, 0.25) is 0 Å². The Balaban J connectivity index is 1.80. The second-order valence-electron chi connectivity index (χ2n) is 5.48. The van der Waals surface area contributed by atoms with Gasteiger partial charge in [-0.1, -0.05) is 19.3 Å². The van der Waals surface area contributed by atoms with Crippen LogP contribution in [0.25, 0.3) is 0 Å². The maximum atomic E-state index is 12.7. The van der Waals surface area contributed by atoms with Crippen LogP contribution < -0.4 is 5.32 Å². The lowest BCUT2D eigenvalue weighted by atomic mass is 9.79. The summed E-state index contributed by atoms with van der Waals surface area (Å²) in [6, 6.07) is 1.83. The fraction of sp³-hybridized carbons (Fsp3) is 0.571. The summed E-state index contributed by atoms with van der Waals surface area (Å²) in [5.74, 6) is 0.0120. The molecule has 2 amide bonds. The lowest BCUT2D eigenvalue weighted by Crippen LogP contribution is -2.66. The van der Waals surface area contributed by atoms with E-state index in [-0.39, 0.29) is 18.4 Å². The molecule has 1 saturated heterocycles. The summed E-state index contributed by atoms with van der Waals surface area (Å²) in [6.07, 6.45) is 7.89. The van der Waals surface area contributed by atoms with E-state index < -0.39 is 5.54 Å².